The molecule has 1 heterocycles. The molecule has 0 aromatic carbocycles. The summed E-state index contributed by atoms with van der Waals surface area (Å²) in [6, 6.07) is 0. The highest BCUT2D eigenvalue weighted by atomic mass is 16.4. The fourth-order valence-electron chi connectivity index (χ4n) is 3.36. The van der Waals surface area contributed by atoms with Crippen molar-refractivity contribution in [3.8, 4) is 0 Å². The molecule has 1 unspecified atom stereocenters. The van der Waals surface area contributed by atoms with Crippen molar-refractivity contribution in [1.29, 1.82) is 0 Å². The number of nitrogens with zero attached hydrogens (tertiary/aromatic N) is 2. The van der Waals surface area contributed by atoms with E-state index in [0.29, 0.717) is 19.0 Å². The van der Waals surface area contributed by atoms with E-state index >= 15 is 0 Å². The third-order valence-electron chi connectivity index (χ3n) is 4.66. The minimum atomic E-state index is -0.742. The summed E-state index contributed by atoms with van der Waals surface area (Å²) in [5.41, 5.74) is -0.742. The molecule has 5 heteroatoms. The SMILES string of the molecule is CCNC(CN(C)CCN1CCCC1)(C(=O)O)C1CC1. The summed E-state index contributed by atoms with van der Waals surface area (Å²) < 4.78 is 0. The Labute approximate surface area is 122 Å². The number of likely N-dealkylation sites (tertiary alicyclic amines) is 1. The van der Waals surface area contributed by atoms with Gasteiger partial charge in [-0.25, -0.2) is 0 Å². The van der Waals surface area contributed by atoms with Gasteiger partial charge in [-0.2, -0.15) is 0 Å². The molecular weight excluding hydrogens is 254 g/mol. The summed E-state index contributed by atoms with van der Waals surface area (Å²) in [7, 11) is 2.05. The lowest BCUT2D eigenvalue weighted by Crippen LogP contribution is -2.60. The van der Waals surface area contributed by atoms with E-state index in [2.05, 4.69) is 15.1 Å². The quantitative estimate of drug-likeness (QED) is 0.657. The molecule has 0 amide bonds. The van der Waals surface area contributed by atoms with Crippen LogP contribution in [0.1, 0.15) is 32.6 Å². The molecule has 0 aromatic heterocycles. The zero-order valence-corrected chi connectivity index (χ0v) is 12.9. The Morgan fingerprint density at radius 2 is 2.05 bits per heavy atom. The molecule has 20 heavy (non-hydrogen) atoms. The Kier molecular flexibility index (Phi) is 5.41. The van der Waals surface area contributed by atoms with E-state index in [1.807, 2.05) is 14.0 Å². The number of carbonyl (C=O) groups is 1. The van der Waals surface area contributed by atoms with Gasteiger partial charge in [0.2, 0.25) is 0 Å². The van der Waals surface area contributed by atoms with Crippen molar-refractivity contribution in [2.24, 2.45) is 5.92 Å². The van der Waals surface area contributed by atoms with E-state index in [-0.39, 0.29) is 0 Å². The third kappa shape index (κ3) is 3.71. The molecule has 0 spiro atoms. The second-order valence-corrected chi connectivity index (χ2v) is 6.37. The van der Waals surface area contributed by atoms with Crippen LogP contribution in [0.3, 0.4) is 0 Å². The predicted molar refractivity (Wildman–Crippen MR) is 79.9 cm³/mol. The van der Waals surface area contributed by atoms with Gasteiger partial charge in [-0.15, -0.1) is 0 Å². The Balaban J connectivity index is 1.87. The van der Waals surface area contributed by atoms with Crippen molar-refractivity contribution in [2.45, 2.75) is 38.1 Å². The highest BCUT2D eigenvalue weighted by molar-refractivity contribution is 5.80. The maximum absolute atomic E-state index is 11.8. The monoisotopic (exact) mass is 283 g/mol. The van der Waals surface area contributed by atoms with Crippen LogP contribution in [-0.2, 0) is 4.79 Å². The summed E-state index contributed by atoms with van der Waals surface area (Å²) in [6.07, 6.45) is 4.70. The number of hydrogen-bond donors (Lipinski definition) is 2. The molecule has 1 aliphatic heterocycles. The van der Waals surface area contributed by atoms with Gasteiger partial charge in [0.1, 0.15) is 5.54 Å². The van der Waals surface area contributed by atoms with Crippen LogP contribution in [0.15, 0.2) is 0 Å². The highest BCUT2D eigenvalue weighted by Crippen LogP contribution is 2.40. The first-order valence-electron chi connectivity index (χ1n) is 7.98. The maximum Gasteiger partial charge on any atom is 0.325 e. The van der Waals surface area contributed by atoms with Crippen molar-refractivity contribution in [2.75, 3.05) is 46.3 Å². The molecule has 0 bridgehead atoms. The Hall–Kier alpha value is -0.650. The first kappa shape index (κ1) is 15.7. The summed E-state index contributed by atoms with van der Waals surface area (Å²) in [4.78, 5) is 16.5. The largest absolute Gasteiger partial charge is 0.480 e. The smallest absolute Gasteiger partial charge is 0.325 e. The molecule has 1 atom stereocenters. The van der Waals surface area contributed by atoms with Crippen molar-refractivity contribution in [1.82, 2.24) is 15.1 Å². The summed E-state index contributed by atoms with van der Waals surface area (Å²) in [5, 5.41) is 13.0. The van der Waals surface area contributed by atoms with E-state index < -0.39 is 11.5 Å². The van der Waals surface area contributed by atoms with Crippen LogP contribution in [0.4, 0.5) is 0 Å². The highest BCUT2D eigenvalue weighted by Gasteiger charge is 2.51. The number of carboxylic acid groups (broad SMARTS) is 1. The van der Waals surface area contributed by atoms with Gasteiger partial charge in [0, 0.05) is 19.6 Å². The normalized spacial score (nSPS) is 23.1. The fraction of sp³-hybridized carbons (Fsp3) is 0.933. The van der Waals surface area contributed by atoms with Gasteiger partial charge in [0.15, 0.2) is 0 Å². The second-order valence-electron chi connectivity index (χ2n) is 6.37. The van der Waals surface area contributed by atoms with E-state index in [4.69, 9.17) is 0 Å². The number of nitrogens with one attached hydrogen (secondary N) is 1. The average Bonchev–Trinajstić information content (AvgIpc) is 3.13. The van der Waals surface area contributed by atoms with Crippen LogP contribution in [0, 0.1) is 5.92 Å². The van der Waals surface area contributed by atoms with Crippen LogP contribution in [-0.4, -0.2) is 72.7 Å². The van der Waals surface area contributed by atoms with Crippen LogP contribution >= 0.6 is 0 Å². The van der Waals surface area contributed by atoms with Gasteiger partial charge in [-0.3, -0.25) is 4.79 Å². The van der Waals surface area contributed by atoms with Gasteiger partial charge in [0.25, 0.3) is 0 Å². The minimum Gasteiger partial charge on any atom is -0.480 e. The van der Waals surface area contributed by atoms with Gasteiger partial charge >= 0.3 is 5.97 Å². The lowest BCUT2D eigenvalue weighted by Gasteiger charge is -2.35. The Morgan fingerprint density at radius 3 is 2.55 bits per heavy atom. The molecule has 2 fully saturated rings. The van der Waals surface area contributed by atoms with Crippen LogP contribution < -0.4 is 5.32 Å². The zero-order valence-electron chi connectivity index (χ0n) is 12.9. The van der Waals surface area contributed by atoms with Crippen LogP contribution in [0.2, 0.25) is 0 Å². The first-order chi connectivity index (χ1) is 9.58. The maximum atomic E-state index is 11.8. The van der Waals surface area contributed by atoms with E-state index in [1.165, 1.54) is 25.9 Å². The van der Waals surface area contributed by atoms with Gasteiger partial charge < -0.3 is 20.2 Å². The fourth-order valence-corrected chi connectivity index (χ4v) is 3.36. The van der Waals surface area contributed by atoms with E-state index in [0.717, 1.165) is 25.9 Å². The topological polar surface area (TPSA) is 55.8 Å². The molecule has 2 rings (SSSR count). The lowest BCUT2D eigenvalue weighted by molar-refractivity contribution is -0.146. The second kappa shape index (κ2) is 6.87. The summed E-state index contributed by atoms with van der Waals surface area (Å²) in [6.45, 7) is 7.72. The number of hydrogen-bond acceptors (Lipinski definition) is 4. The molecular formula is C15H29N3O2. The number of likely N-dealkylation sites (N-methyl/N-ethyl adjacent to an activating group) is 2. The molecule has 116 valence electrons. The minimum absolute atomic E-state index is 0.300. The summed E-state index contributed by atoms with van der Waals surface area (Å²) in [5.74, 6) is -0.385. The standard InChI is InChI=1S/C15H29N3O2/c1-3-16-15(14(19)20,13-6-7-13)12-17(2)10-11-18-8-4-5-9-18/h13,16H,3-12H2,1-2H3,(H,19,20). The Bertz CT molecular complexity index is 327. The third-order valence-corrected chi connectivity index (χ3v) is 4.66. The van der Waals surface area contributed by atoms with Crippen LogP contribution in [0.25, 0.3) is 0 Å². The molecule has 1 saturated heterocycles. The van der Waals surface area contributed by atoms with E-state index in [1.54, 1.807) is 0 Å². The van der Waals surface area contributed by atoms with Crippen molar-refractivity contribution >= 4 is 5.97 Å². The molecule has 1 aliphatic carbocycles. The first-order valence-corrected chi connectivity index (χ1v) is 7.98. The molecule has 1 saturated carbocycles. The zero-order chi connectivity index (χ0) is 14.6. The van der Waals surface area contributed by atoms with Crippen LogP contribution in [0.5, 0.6) is 0 Å². The average molecular weight is 283 g/mol. The molecule has 0 radical (unpaired) electrons. The Morgan fingerprint density at radius 1 is 1.40 bits per heavy atom. The van der Waals surface area contributed by atoms with Gasteiger partial charge in [0.05, 0.1) is 0 Å². The van der Waals surface area contributed by atoms with Crippen molar-refractivity contribution < 1.29 is 9.90 Å². The molecule has 5 nitrogen and oxygen atoms in total. The predicted octanol–water partition coefficient (Wildman–Crippen LogP) is 0.857. The molecule has 2 N–H and O–H groups in total. The number of aliphatic carboxylic acids is 1. The summed E-state index contributed by atoms with van der Waals surface area (Å²) >= 11 is 0. The van der Waals surface area contributed by atoms with Gasteiger partial charge in [-0.1, -0.05) is 6.92 Å². The van der Waals surface area contributed by atoms with Crippen molar-refractivity contribution in [3.63, 3.8) is 0 Å². The van der Waals surface area contributed by atoms with Gasteiger partial charge in [-0.05, 0) is 58.3 Å². The number of rotatable bonds is 9. The lowest BCUT2D eigenvalue weighted by atomic mass is 9.92. The molecule has 2 aliphatic rings. The van der Waals surface area contributed by atoms with Crippen molar-refractivity contribution in [3.05, 3.63) is 0 Å². The molecule has 0 aromatic rings. The van der Waals surface area contributed by atoms with E-state index in [9.17, 15) is 9.90 Å². The number of carboxylic acids is 1.